The number of sulfone groups is 1. The Kier molecular flexibility index (Phi) is 5.11. The molecule has 0 aliphatic heterocycles. The minimum absolute atomic E-state index is 0.0368. The van der Waals surface area contributed by atoms with E-state index in [2.05, 4.69) is 11.9 Å². The summed E-state index contributed by atoms with van der Waals surface area (Å²) >= 11 is 0. The second kappa shape index (κ2) is 6.38. The number of para-hydroxylation sites is 1. The van der Waals surface area contributed by atoms with Gasteiger partial charge in [0, 0.05) is 0 Å². The van der Waals surface area contributed by atoms with Crippen molar-refractivity contribution in [3.8, 4) is 0 Å². The number of nitrogens with one attached hydrogen (secondary N) is 1. The Balaban J connectivity index is 3.14. The molecule has 0 aliphatic carbocycles. The van der Waals surface area contributed by atoms with Crippen molar-refractivity contribution in [2.45, 2.75) is 24.3 Å². The molecule has 0 bridgehead atoms. The third kappa shape index (κ3) is 3.82. The third-order valence-corrected chi connectivity index (χ3v) is 4.42. The van der Waals surface area contributed by atoms with Crippen LogP contribution in [0.2, 0.25) is 0 Å². The van der Waals surface area contributed by atoms with Gasteiger partial charge >= 0.3 is 5.97 Å². The lowest BCUT2D eigenvalue weighted by atomic mass is 10.2. The van der Waals surface area contributed by atoms with E-state index in [-0.39, 0.29) is 17.1 Å². The first-order valence-electron chi connectivity index (χ1n) is 5.84. The Morgan fingerprint density at radius 2 is 2.11 bits per heavy atom. The van der Waals surface area contributed by atoms with Crippen LogP contribution in [0, 0.1) is 0 Å². The summed E-state index contributed by atoms with van der Waals surface area (Å²) in [6.07, 6.45) is 1.68. The zero-order chi connectivity index (χ0) is 14.5. The molecule has 1 atom stereocenters. The molecule has 0 aliphatic rings. The van der Waals surface area contributed by atoms with Crippen LogP contribution in [0.5, 0.6) is 0 Å². The molecule has 1 unspecified atom stereocenters. The molecular weight excluding hydrogens is 266 g/mol. The van der Waals surface area contributed by atoms with Crippen molar-refractivity contribution >= 4 is 21.5 Å². The van der Waals surface area contributed by atoms with Crippen LogP contribution >= 0.6 is 0 Å². The minimum atomic E-state index is -3.40. The highest BCUT2D eigenvalue weighted by Gasteiger charge is 2.21. The molecule has 0 saturated carbocycles. The lowest BCUT2D eigenvalue weighted by molar-refractivity contribution is -0.137. The highest BCUT2D eigenvalue weighted by Crippen LogP contribution is 2.23. The van der Waals surface area contributed by atoms with E-state index in [0.29, 0.717) is 5.69 Å². The van der Waals surface area contributed by atoms with Crippen LogP contribution in [0.3, 0.4) is 0 Å². The molecule has 1 aromatic carbocycles. The van der Waals surface area contributed by atoms with E-state index in [1.54, 1.807) is 25.1 Å². The molecule has 1 rings (SSSR count). The van der Waals surface area contributed by atoms with Gasteiger partial charge in [-0.3, -0.25) is 0 Å². The zero-order valence-electron chi connectivity index (χ0n) is 10.7. The lowest BCUT2D eigenvalue weighted by Crippen LogP contribution is -2.29. The maximum Gasteiger partial charge on any atom is 0.326 e. The second-order valence-electron chi connectivity index (χ2n) is 3.96. The minimum Gasteiger partial charge on any atom is -0.480 e. The highest BCUT2D eigenvalue weighted by atomic mass is 32.2. The van der Waals surface area contributed by atoms with Gasteiger partial charge in [0.25, 0.3) is 0 Å². The second-order valence-corrected chi connectivity index (χ2v) is 6.21. The van der Waals surface area contributed by atoms with Gasteiger partial charge in [0.05, 0.1) is 16.3 Å². The van der Waals surface area contributed by atoms with Crippen molar-refractivity contribution in [3.05, 3.63) is 36.9 Å². The number of rotatable bonds is 7. The fourth-order valence-electron chi connectivity index (χ4n) is 1.59. The van der Waals surface area contributed by atoms with E-state index < -0.39 is 21.8 Å². The number of carbonyl (C=O) groups is 1. The summed E-state index contributed by atoms with van der Waals surface area (Å²) in [6.45, 7) is 5.04. The van der Waals surface area contributed by atoms with Gasteiger partial charge in [-0.15, -0.1) is 6.58 Å². The van der Waals surface area contributed by atoms with Crippen LogP contribution in [0.25, 0.3) is 0 Å². The summed E-state index contributed by atoms with van der Waals surface area (Å²) in [4.78, 5) is 11.2. The van der Waals surface area contributed by atoms with Crippen molar-refractivity contribution in [1.29, 1.82) is 0 Å². The smallest absolute Gasteiger partial charge is 0.326 e. The quantitative estimate of drug-likeness (QED) is 0.747. The molecular formula is C13H17NO4S. The maximum absolute atomic E-state index is 11.9. The Hall–Kier alpha value is -1.82. The first kappa shape index (κ1) is 15.2. The van der Waals surface area contributed by atoms with Gasteiger partial charge in [-0.1, -0.05) is 25.1 Å². The van der Waals surface area contributed by atoms with Crippen molar-refractivity contribution in [1.82, 2.24) is 0 Å². The molecule has 1 aromatic rings. The fourth-order valence-corrected chi connectivity index (χ4v) is 2.65. The SMILES string of the molecule is C=CCC(Nc1ccccc1S(=O)(=O)CC)C(=O)O. The molecule has 0 aromatic heterocycles. The number of aliphatic carboxylic acids is 1. The van der Waals surface area contributed by atoms with Crippen molar-refractivity contribution in [3.63, 3.8) is 0 Å². The van der Waals surface area contributed by atoms with E-state index in [9.17, 15) is 13.2 Å². The normalized spacial score (nSPS) is 12.7. The van der Waals surface area contributed by atoms with E-state index in [0.717, 1.165) is 0 Å². The number of hydrogen-bond acceptors (Lipinski definition) is 4. The Bertz CT molecular complexity index is 566. The van der Waals surface area contributed by atoms with Gasteiger partial charge in [-0.25, -0.2) is 13.2 Å². The van der Waals surface area contributed by atoms with Gasteiger partial charge in [0.15, 0.2) is 9.84 Å². The van der Waals surface area contributed by atoms with Gasteiger partial charge in [-0.05, 0) is 18.6 Å². The molecule has 0 amide bonds. The largest absolute Gasteiger partial charge is 0.480 e. The van der Waals surface area contributed by atoms with Crippen molar-refractivity contribution in [2.24, 2.45) is 0 Å². The molecule has 19 heavy (non-hydrogen) atoms. The summed E-state index contributed by atoms with van der Waals surface area (Å²) in [7, 11) is -3.40. The van der Waals surface area contributed by atoms with E-state index in [1.807, 2.05) is 0 Å². The van der Waals surface area contributed by atoms with E-state index >= 15 is 0 Å². The monoisotopic (exact) mass is 283 g/mol. The molecule has 0 saturated heterocycles. The van der Waals surface area contributed by atoms with Gasteiger partial charge in [0.1, 0.15) is 6.04 Å². The van der Waals surface area contributed by atoms with Gasteiger partial charge in [-0.2, -0.15) is 0 Å². The Morgan fingerprint density at radius 3 is 2.63 bits per heavy atom. The van der Waals surface area contributed by atoms with Crippen molar-refractivity contribution in [2.75, 3.05) is 11.1 Å². The molecule has 0 heterocycles. The predicted octanol–water partition coefficient (Wildman–Crippen LogP) is 1.92. The summed E-state index contributed by atoms with van der Waals surface area (Å²) in [5.74, 6) is -1.09. The standard InChI is InChI=1S/C13H17NO4S/c1-3-7-11(13(15)16)14-10-8-5-6-9-12(10)19(17,18)4-2/h3,5-6,8-9,11,14H,1,4,7H2,2H3,(H,15,16). The number of carboxylic acids is 1. The molecule has 5 nitrogen and oxygen atoms in total. The maximum atomic E-state index is 11.9. The number of anilines is 1. The summed E-state index contributed by atoms with van der Waals surface area (Å²) in [5.41, 5.74) is 0.304. The number of benzene rings is 1. The Labute approximate surface area is 112 Å². The fraction of sp³-hybridized carbons (Fsp3) is 0.308. The van der Waals surface area contributed by atoms with Crippen LogP contribution in [0.15, 0.2) is 41.8 Å². The van der Waals surface area contributed by atoms with Gasteiger partial charge < -0.3 is 10.4 Å². The van der Waals surface area contributed by atoms with Crippen molar-refractivity contribution < 1.29 is 18.3 Å². The molecule has 0 radical (unpaired) electrons. The van der Waals surface area contributed by atoms with E-state index in [4.69, 9.17) is 5.11 Å². The van der Waals surface area contributed by atoms with Crippen LogP contribution in [-0.2, 0) is 14.6 Å². The average molecular weight is 283 g/mol. The zero-order valence-corrected chi connectivity index (χ0v) is 11.5. The van der Waals surface area contributed by atoms with Crippen LogP contribution < -0.4 is 5.32 Å². The lowest BCUT2D eigenvalue weighted by Gasteiger charge is -2.16. The van der Waals surface area contributed by atoms with Crippen LogP contribution in [0.1, 0.15) is 13.3 Å². The Morgan fingerprint density at radius 1 is 1.47 bits per heavy atom. The predicted molar refractivity (Wildman–Crippen MR) is 74.0 cm³/mol. The first-order valence-corrected chi connectivity index (χ1v) is 7.49. The summed E-state index contributed by atoms with van der Waals surface area (Å²) < 4.78 is 23.8. The first-order chi connectivity index (χ1) is 8.92. The van der Waals surface area contributed by atoms with Crippen LogP contribution in [-0.4, -0.2) is 31.3 Å². The topological polar surface area (TPSA) is 83.5 Å². The highest BCUT2D eigenvalue weighted by molar-refractivity contribution is 7.91. The average Bonchev–Trinajstić information content (AvgIpc) is 2.38. The summed E-state index contributed by atoms with van der Waals surface area (Å²) in [5, 5.41) is 11.8. The molecule has 0 spiro atoms. The molecule has 104 valence electrons. The number of carboxylic acid groups (broad SMARTS) is 1. The summed E-state index contributed by atoms with van der Waals surface area (Å²) in [6, 6.07) is 5.39. The molecule has 0 fully saturated rings. The number of hydrogen-bond donors (Lipinski definition) is 2. The molecule has 2 N–H and O–H groups in total. The van der Waals surface area contributed by atoms with Gasteiger partial charge in [0.2, 0.25) is 0 Å². The van der Waals surface area contributed by atoms with E-state index in [1.165, 1.54) is 12.1 Å². The molecule has 6 heteroatoms. The third-order valence-electron chi connectivity index (χ3n) is 2.63. The van der Waals surface area contributed by atoms with Crippen LogP contribution in [0.4, 0.5) is 5.69 Å².